The summed E-state index contributed by atoms with van der Waals surface area (Å²) in [5.41, 5.74) is 1.98. The number of carbonyl (C=O) groups is 2. The van der Waals surface area contributed by atoms with E-state index in [1.807, 2.05) is 31.2 Å². The number of benzene rings is 2. The normalized spacial score (nSPS) is 14.9. The average Bonchev–Trinajstić information content (AvgIpc) is 2.75. The first-order chi connectivity index (χ1) is 14.9. The van der Waals surface area contributed by atoms with E-state index in [1.54, 1.807) is 31.4 Å². The summed E-state index contributed by atoms with van der Waals surface area (Å²) in [5, 5.41) is 8.34. The lowest BCUT2D eigenvalue weighted by molar-refractivity contribution is -0.123. The van der Waals surface area contributed by atoms with Gasteiger partial charge in [0.2, 0.25) is 17.8 Å². The van der Waals surface area contributed by atoms with Crippen LogP contribution in [-0.4, -0.2) is 28.9 Å². The summed E-state index contributed by atoms with van der Waals surface area (Å²) in [6, 6.07) is 14.3. The van der Waals surface area contributed by atoms with Gasteiger partial charge in [-0.3, -0.25) is 19.4 Å². The van der Waals surface area contributed by atoms with Gasteiger partial charge in [0, 0.05) is 17.8 Å². The Balaban J connectivity index is 1.60. The van der Waals surface area contributed by atoms with Gasteiger partial charge in [0.1, 0.15) is 11.6 Å². The van der Waals surface area contributed by atoms with Crippen molar-refractivity contribution in [2.75, 3.05) is 23.1 Å². The molecular weight excluding hydrogens is 398 g/mol. The van der Waals surface area contributed by atoms with E-state index in [-0.39, 0.29) is 29.7 Å². The number of aromatic amines is 1. The summed E-state index contributed by atoms with van der Waals surface area (Å²) in [7, 11) is 1.55. The standard InChI is InChI=1S/C22H21N5O4/c1-12-3-5-14(6-4-12)24-22-26-19-18(21(30)27-22)16(11-17(28)25-19)20(29)23-13-7-9-15(31-2)10-8-13/h3-10,16H,11H2,1-2H3,(H,23,29)(H3,24,25,26,27,28,30). The molecule has 0 saturated heterocycles. The zero-order valence-corrected chi connectivity index (χ0v) is 17.0. The number of aromatic nitrogens is 2. The maximum atomic E-state index is 12.9. The molecule has 4 rings (SSSR count). The summed E-state index contributed by atoms with van der Waals surface area (Å²) in [5.74, 6) is -0.923. The predicted molar refractivity (Wildman–Crippen MR) is 117 cm³/mol. The molecular formula is C22H21N5O4. The highest BCUT2D eigenvalue weighted by Crippen LogP contribution is 2.30. The van der Waals surface area contributed by atoms with Crippen molar-refractivity contribution in [3.8, 4) is 5.75 Å². The number of rotatable bonds is 5. The predicted octanol–water partition coefficient (Wildman–Crippen LogP) is 2.90. The molecule has 2 heterocycles. The molecule has 3 aromatic rings. The van der Waals surface area contributed by atoms with Crippen LogP contribution >= 0.6 is 0 Å². The van der Waals surface area contributed by atoms with Crippen molar-refractivity contribution in [2.45, 2.75) is 19.3 Å². The minimum Gasteiger partial charge on any atom is -0.497 e. The van der Waals surface area contributed by atoms with Crippen molar-refractivity contribution in [3.63, 3.8) is 0 Å². The van der Waals surface area contributed by atoms with Gasteiger partial charge >= 0.3 is 0 Å². The van der Waals surface area contributed by atoms with Gasteiger partial charge < -0.3 is 20.7 Å². The van der Waals surface area contributed by atoms with Crippen LogP contribution in [0.25, 0.3) is 0 Å². The maximum absolute atomic E-state index is 12.9. The van der Waals surface area contributed by atoms with Gasteiger partial charge in [-0.2, -0.15) is 4.98 Å². The van der Waals surface area contributed by atoms with E-state index in [0.717, 1.165) is 11.3 Å². The Morgan fingerprint density at radius 1 is 1.06 bits per heavy atom. The van der Waals surface area contributed by atoms with E-state index in [1.165, 1.54) is 0 Å². The molecule has 1 aliphatic rings. The van der Waals surface area contributed by atoms with Crippen LogP contribution in [-0.2, 0) is 9.59 Å². The fraction of sp³-hybridized carbons (Fsp3) is 0.182. The lowest BCUT2D eigenvalue weighted by Gasteiger charge is -2.23. The molecule has 9 nitrogen and oxygen atoms in total. The molecule has 0 radical (unpaired) electrons. The maximum Gasteiger partial charge on any atom is 0.258 e. The van der Waals surface area contributed by atoms with Crippen molar-refractivity contribution in [1.82, 2.24) is 9.97 Å². The molecule has 1 aromatic heterocycles. The monoisotopic (exact) mass is 419 g/mol. The quantitative estimate of drug-likeness (QED) is 0.504. The minimum absolute atomic E-state index is 0.0736. The molecule has 31 heavy (non-hydrogen) atoms. The summed E-state index contributed by atoms with van der Waals surface area (Å²) in [4.78, 5) is 44.9. The van der Waals surface area contributed by atoms with Gasteiger partial charge in [-0.05, 0) is 43.3 Å². The van der Waals surface area contributed by atoms with Crippen molar-refractivity contribution in [1.29, 1.82) is 0 Å². The van der Waals surface area contributed by atoms with Crippen molar-refractivity contribution in [3.05, 3.63) is 70.0 Å². The SMILES string of the molecule is COc1ccc(NC(=O)C2CC(=O)Nc3nc(Nc4ccc(C)cc4)[nH]c(=O)c32)cc1. The van der Waals surface area contributed by atoms with E-state index in [0.29, 0.717) is 11.4 Å². The zero-order valence-electron chi connectivity index (χ0n) is 17.0. The van der Waals surface area contributed by atoms with E-state index in [9.17, 15) is 14.4 Å². The molecule has 0 bridgehead atoms. The zero-order chi connectivity index (χ0) is 22.0. The number of ether oxygens (including phenoxy) is 1. The van der Waals surface area contributed by atoms with Crippen LogP contribution in [0.15, 0.2) is 53.3 Å². The molecule has 0 saturated carbocycles. The van der Waals surface area contributed by atoms with Crippen LogP contribution in [0.3, 0.4) is 0 Å². The smallest absolute Gasteiger partial charge is 0.258 e. The highest BCUT2D eigenvalue weighted by atomic mass is 16.5. The first-order valence-corrected chi connectivity index (χ1v) is 9.65. The lowest BCUT2D eigenvalue weighted by atomic mass is 9.92. The van der Waals surface area contributed by atoms with Gasteiger partial charge in [0.05, 0.1) is 18.6 Å². The first-order valence-electron chi connectivity index (χ1n) is 9.65. The fourth-order valence-corrected chi connectivity index (χ4v) is 3.33. The highest BCUT2D eigenvalue weighted by molar-refractivity contribution is 6.04. The molecule has 2 amide bonds. The Hall–Kier alpha value is -4.14. The molecule has 0 spiro atoms. The Labute approximate surface area is 177 Å². The van der Waals surface area contributed by atoms with Crippen molar-refractivity contribution < 1.29 is 14.3 Å². The summed E-state index contributed by atoms with van der Waals surface area (Å²) >= 11 is 0. The third-order valence-corrected chi connectivity index (χ3v) is 4.94. The summed E-state index contributed by atoms with van der Waals surface area (Å²) in [6.45, 7) is 1.97. The third-order valence-electron chi connectivity index (χ3n) is 4.94. The first kappa shape index (κ1) is 20.1. The van der Waals surface area contributed by atoms with Gasteiger partial charge in [-0.15, -0.1) is 0 Å². The van der Waals surface area contributed by atoms with E-state index >= 15 is 0 Å². The minimum atomic E-state index is -0.962. The number of hydrogen-bond donors (Lipinski definition) is 4. The number of fused-ring (bicyclic) bond motifs is 1. The summed E-state index contributed by atoms with van der Waals surface area (Å²) in [6.07, 6.45) is -0.148. The van der Waals surface area contributed by atoms with Crippen LogP contribution in [0.4, 0.5) is 23.1 Å². The molecule has 2 aromatic carbocycles. The highest BCUT2D eigenvalue weighted by Gasteiger charge is 2.34. The van der Waals surface area contributed by atoms with Gasteiger partial charge in [-0.1, -0.05) is 17.7 Å². The molecule has 1 aliphatic heterocycles. The Morgan fingerprint density at radius 2 is 1.74 bits per heavy atom. The number of aryl methyl sites for hydroxylation is 1. The largest absolute Gasteiger partial charge is 0.497 e. The molecule has 4 N–H and O–H groups in total. The summed E-state index contributed by atoms with van der Waals surface area (Å²) < 4.78 is 5.10. The third kappa shape index (κ3) is 4.40. The number of hydrogen-bond acceptors (Lipinski definition) is 6. The topological polar surface area (TPSA) is 125 Å². The van der Waals surface area contributed by atoms with Crippen molar-refractivity contribution >= 4 is 35.0 Å². The van der Waals surface area contributed by atoms with Gasteiger partial charge in [-0.25, -0.2) is 0 Å². The number of amides is 2. The van der Waals surface area contributed by atoms with Gasteiger partial charge in [0.15, 0.2) is 0 Å². The number of H-pyrrole nitrogens is 1. The molecule has 0 aliphatic carbocycles. The van der Waals surface area contributed by atoms with E-state index < -0.39 is 17.4 Å². The number of nitrogens with zero attached hydrogens (tertiary/aromatic N) is 1. The second-order valence-corrected chi connectivity index (χ2v) is 7.19. The number of carbonyl (C=O) groups excluding carboxylic acids is 2. The number of methoxy groups -OCH3 is 1. The fourth-order valence-electron chi connectivity index (χ4n) is 3.33. The lowest BCUT2D eigenvalue weighted by Crippen LogP contribution is -2.36. The van der Waals surface area contributed by atoms with Crippen LogP contribution in [0.1, 0.15) is 23.5 Å². The van der Waals surface area contributed by atoms with Crippen LogP contribution in [0, 0.1) is 6.92 Å². The average molecular weight is 419 g/mol. The number of anilines is 4. The molecule has 1 unspecified atom stereocenters. The second-order valence-electron chi connectivity index (χ2n) is 7.19. The molecule has 1 atom stereocenters. The second kappa shape index (κ2) is 8.31. The van der Waals surface area contributed by atoms with Crippen molar-refractivity contribution in [2.24, 2.45) is 0 Å². The Kier molecular flexibility index (Phi) is 5.40. The van der Waals surface area contributed by atoms with E-state index in [2.05, 4.69) is 25.9 Å². The Bertz CT molecular complexity index is 1190. The Morgan fingerprint density at radius 3 is 2.42 bits per heavy atom. The van der Waals surface area contributed by atoms with Crippen LogP contribution in [0.5, 0.6) is 5.75 Å². The van der Waals surface area contributed by atoms with Crippen LogP contribution < -0.4 is 26.2 Å². The number of nitrogens with one attached hydrogen (secondary N) is 4. The molecule has 158 valence electrons. The van der Waals surface area contributed by atoms with Gasteiger partial charge in [0.25, 0.3) is 5.56 Å². The molecule has 0 fully saturated rings. The van der Waals surface area contributed by atoms with E-state index in [4.69, 9.17) is 4.74 Å². The molecule has 9 heteroatoms. The van der Waals surface area contributed by atoms with Crippen LogP contribution in [0.2, 0.25) is 0 Å².